The minimum Gasteiger partial charge on any atom is -0.507 e. The molecule has 4 aromatic rings. The number of hydrogen-bond acceptors (Lipinski definition) is 3. The summed E-state index contributed by atoms with van der Waals surface area (Å²) in [5.74, 6) is -0.530. The first-order valence-electron chi connectivity index (χ1n) is 7.83. The first-order valence-corrected chi connectivity index (χ1v) is 7.83. The molecule has 0 saturated heterocycles. The van der Waals surface area contributed by atoms with Crippen LogP contribution in [0.3, 0.4) is 0 Å². The summed E-state index contributed by atoms with van der Waals surface area (Å²) in [6.07, 6.45) is 3.41. The molecule has 0 bridgehead atoms. The molecule has 3 aromatic carbocycles. The Morgan fingerprint density at radius 2 is 1.76 bits per heavy atom. The number of para-hydroxylation sites is 1. The topological polar surface area (TPSA) is 77.5 Å². The number of hydrazone groups is 1. The predicted octanol–water partition coefficient (Wildman–Crippen LogP) is 3.79. The highest BCUT2D eigenvalue weighted by molar-refractivity contribution is 6.03. The molecule has 0 spiro atoms. The third kappa shape index (κ3) is 2.83. The van der Waals surface area contributed by atoms with Crippen LogP contribution >= 0.6 is 0 Å². The normalized spacial score (nSPS) is 11.4. The maximum absolute atomic E-state index is 12.3. The van der Waals surface area contributed by atoms with Crippen molar-refractivity contribution in [2.24, 2.45) is 5.10 Å². The molecule has 4 rings (SSSR count). The molecule has 5 heteroatoms. The molecular formula is C20H15N3O2. The third-order valence-corrected chi connectivity index (χ3v) is 4.10. The van der Waals surface area contributed by atoms with Gasteiger partial charge in [-0.2, -0.15) is 5.10 Å². The highest BCUT2D eigenvalue weighted by atomic mass is 16.3. The van der Waals surface area contributed by atoms with E-state index in [-0.39, 0.29) is 11.3 Å². The number of benzene rings is 3. The second-order valence-electron chi connectivity index (χ2n) is 5.71. The zero-order chi connectivity index (χ0) is 17.2. The second kappa shape index (κ2) is 6.13. The van der Waals surface area contributed by atoms with E-state index >= 15 is 0 Å². The number of aromatic nitrogens is 1. The van der Waals surface area contributed by atoms with Crippen LogP contribution in [0.5, 0.6) is 5.75 Å². The summed E-state index contributed by atoms with van der Waals surface area (Å²) in [7, 11) is 0. The number of nitrogens with one attached hydrogen (secondary N) is 2. The minimum atomic E-state index is -0.459. The van der Waals surface area contributed by atoms with Crippen LogP contribution in [0.25, 0.3) is 21.7 Å². The van der Waals surface area contributed by atoms with Crippen molar-refractivity contribution < 1.29 is 9.90 Å². The van der Waals surface area contributed by atoms with E-state index in [1.54, 1.807) is 18.3 Å². The second-order valence-corrected chi connectivity index (χ2v) is 5.71. The number of carbonyl (C=O) groups is 1. The van der Waals surface area contributed by atoms with Crippen LogP contribution < -0.4 is 5.43 Å². The zero-order valence-corrected chi connectivity index (χ0v) is 13.2. The maximum Gasteiger partial charge on any atom is 0.275 e. The van der Waals surface area contributed by atoms with E-state index in [1.165, 1.54) is 0 Å². The number of fused-ring (bicyclic) bond motifs is 2. The smallest absolute Gasteiger partial charge is 0.275 e. The Hall–Kier alpha value is -3.60. The fourth-order valence-electron chi connectivity index (χ4n) is 2.83. The summed E-state index contributed by atoms with van der Waals surface area (Å²) >= 11 is 0. The van der Waals surface area contributed by atoms with E-state index in [1.807, 2.05) is 54.7 Å². The molecule has 0 radical (unpaired) electrons. The SMILES string of the molecule is O=C(N/N=C/c1c[nH]c2ccccc12)c1cc2ccccc2cc1O. The van der Waals surface area contributed by atoms with E-state index in [4.69, 9.17) is 0 Å². The number of hydrogen-bond donors (Lipinski definition) is 3. The van der Waals surface area contributed by atoms with Gasteiger partial charge >= 0.3 is 0 Å². The summed E-state index contributed by atoms with van der Waals surface area (Å²) in [6, 6.07) is 18.6. The van der Waals surface area contributed by atoms with Gasteiger partial charge in [-0.05, 0) is 29.0 Å². The highest BCUT2D eigenvalue weighted by Gasteiger charge is 2.11. The molecule has 122 valence electrons. The number of amides is 1. The van der Waals surface area contributed by atoms with Crippen molar-refractivity contribution in [3.8, 4) is 5.75 Å². The highest BCUT2D eigenvalue weighted by Crippen LogP contribution is 2.24. The Labute approximate surface area is 143 Å². The lowest BCUT2D eigenvalue weighted by molar-refractivity contribution is 0.0952. The number of rotatable bonds is 3. The van der Waals surface area contributed by atoms with Crippen molar-refractivity contribution in [1.29, 1.82) is 0 Å². The van der Waals surface area contributed by atoms with Gasteiger partial charge in [0.25, 0.3) is 5.91 Å². The molecule has 3 N–H and O–H groups in total. The molecular weight excluding hydrogens is 314 g/mol. The number of phenols is 1. The van der Waals surface area contributed by atoms with Crippen LogP contribution in [0.15, 0.2) is 72.0 Å². The van der Waals surface area contributed by atoms with Crippen LogP contribution in [-0.4, -0.2) is 22.2 Å². The van der Waals surface area contributed by atoms with Crippen LogP contribution in [0.4, 0.5) is 0 Å². The van der Waals surface area contributed by atoms with Crippen molar-refractivity contribution in [1.82, 2.24) is 10.4 Å². The van der Waals surface area contributed by atoms with Crippen molar-refractivity contribution in [3.05, 3.63) is 78.0 Å². The van der Waals surface area contributed by atoms with Gasteiger partial charge in [-0.15, -0.1) is 0 Å². The summed E-state index contributed by atoms with van der Waals surface area (Å²) in [6.45, 7) is 0. The summed E-state index contributed by atoms with van der Waals surface area (Å²) < 4.78 is 0. The lowest BCUT2D eigenvalue weighted by Gasteiger charge is -2.05. The molecule has 0 saturated carbocycles. The van der Waals surface area contributed by atoms with Crippen molar-refractivity contribution >= 4 is 33.8 Å². The minimum absolute atomic E-state index is 0.0708. The van der Waals surface area contributed by atoms with E-state index in [9.17, 15) is 9.90 Å². The van der Waals surface area contributed by atoms with E-state index in [0.717, 1.165) is 27.2 Å². The molecule has 0 unspecified atom stereocenters. The summed E-state index contributed by atoms with van der Waals surface area (Å²) in [4.78, 5) is 15.5. The number of nitrogens with zero attached hydrogens (tertiary/aromatic N) is 1. The molecule has 0 aliphatic heterocycles. The van der Waals surface area contributed by atoms with Gasteiger partial charge in [0.2, 0.25) is 0 Å². The van der Waals surface area contributed by atoms with Gasteiger partial charge in [-0.1, -0.05) is 42.5 Å². The monoisotopic (exact) mass is 329 g/mol. The molecule has 5 nitrogen and oxygen atoms in total. The first-order chi connectivity index (χ1) is 12.2. The van der Waals surface area contributed by atoms with E-state index in [0.29, 0.717) is 0 Å². The molecule has 0 aliphatic rings. The Bertz CT molecular complexity index is 1110. The standard InChI is InChI=1S/C20H15N3O2/c24-19-10-14-6-2-1-5-13(14)9-17(19)20(25)23-22-12-15-11-21-18-8-4-3-7-16(15)18/h1-12,21,24H,(H,23,25)/b22-12+. The van der Waals surface area contributed by atoms with Gasteiger partial charge in [0, 0.05) is 22.7 Å². The number of carbonyl (C=O) groups excluding carboxylic acids is 1. The summed E-state index contributed by atoms with van der Waals surface area (Å²) in [5.41, 5.74) is 4.53. The molecule has 0 atom stereocenters. The van der Waals surface area contributed by atoms with Crippen molar-refractivity contribution in [2.45, 2.75) is 0 Å². The number of H-pyrrole nitrogens is 1. The average molecular weight is 329 g/mol. The lowest BCUT2D eigenvalue weighted by Crippen LogP contribution is -2.17. The molecule has 0 aliphatic carbocycles. The Kier molecular flexibility index (Phi) is 3.67. The number of phenolic OH excluding ortho intramolecular Hbond substituents is 1. The first kappa shape index (κ1) is 15.0. The van der Waals surface area contributed by atoms with Gasteiger partial charge in [0.1, 0.15) is 5.75 Å². The van der Waals surface area contributed by atoms with E-state index in [2.05, 4.69) is 15.5 Å². The summed E-state index contributed by atoms with van der Waals surface area (Å²) in [5, 5.41) is 16.9. The van der Waals surface area contributed by atoms with Gasteiger partial charge in [-0.3, -0.25) is 4.79 Å². The third-order valence-electron chi connectivity index (χ3n) is 4.10. The van der Waals surface area contributed by atoms with Gasteiger partial charge in [0.05, 0.1) is 11.8 Å². The molecule has 25 heavy (non-hydrogen) atoms. The van der Waals surface area contributed by atoms with Crippen LogP contribution in [-0.2, 0) is 0 Å². The Morgan fingerprint density at radius 1 is 1.04 bits per heavy atom. The zero-order valence-electron chi connectivity index (χ0n) is 13.2. The maximum atomic E-state index is 12.3. The van der Waals surface area contributed by atoms with Crippen LogP contribution in [0.2, 0.25) is 0 Å². The quantitative estimate of drug-likeness (QED) is 0.395. The Morgan fingerprint density at radius 3 is 2.60 bits per heavy atom. The molecule has 1 aromatic heterocycles. The van der Waals surface area contributed by atoms with Crippen molar-refractivity contribution in [3.63, 3.8) is 0 Å². The lowest BCUT2D eigenvalue weighted by atomic mass is 10.1. The van der Waals surface area contributed by atoms with Crippen molar-refractivity contribution in [2.75, 3.05) is 0 Å². The number of aromatic amines is 1. The Balaban J connectivity index is 1.57. The number of aromatic hydroxyl groups is 1. The predicted molar refractivity (Wildman–Crippen MR) is 99.0 cm³/mol. The fourth-order valence-corrected chi connectivity index (χ4v) is 2.83. The molecule has 0 fully saturated rings. The van der Waals surface area contributed by atoms with E-state index < -0.39 is 5.91 Å². The van der Waals surface area contributed by atoms with Crippen LogP contribution in [0, 0.1) is 0 Å². The van der Waals surface area contributed by atoms with Gasteiger partial charge in [-0.25, -0.2) is 5.43 Å². The van der Waals surface area contributed by atoms with Crippen LogP contribution in [0.1, 0.15) is 15.9 Å². The fraction of sp³-hybridized carbons (Fsp3) is 0. The molecule has 1 heterocycles. The largest absolute Gasteiger partial charge is 0.507 e. The average Bonchev–Trinajstić information content (AvgIpc) is 3.04. The van der Waals surface area contributed by atoms with Gasteiger partial charge in [0.15, 0.2) is 0 Å². The molecule has 1 amide bonds. The van der Waals surface area contributed by atoms with Gasteiger partial charge < -0.3 is 10.1 Å².